The van der Waals surface area contributed by atoms with Gasteiger partial charge >= 0.3 is 0 Å². The second-order valence-corrected chi connectivity index (χ2v) is 7.47. The molecule has 1 aliphatic carbocycles. The smallest absolute Gasteiger partial charge is 0.211 e. The molecule has 0 aromatic carbocycles. The highest BCUT2D eigenvalue weighted by molar-refractivity contribution is 7.89. The Labute approximate surface area is 134 Å². The molecule has 8 heteroatoms. The van der Waals surface area contributed by atoms with Gasteiger partial charge in [-0.3, -0.25) is 4.99 Å². The van der Waals surface area contributed by atoms with Crippen molar-refractivity contribution < 1.29 is 8.42 Å². The van der Waals surface area contributed by atoms with E-state index in [1.165, 1.54) is 6.20 Å². The number of sulfonamides is 1. The van der Waals surface area contributed by atoms with Gasteiger partial charge in [-0.2, -0.15) is 5.26 Å². The largest absolute Gasteiger partial charge is 0.346 e. The lowest BCUT2D eigenvalue weighted by Gasteiger charge is -2.28. The first-order chi connectivity index (χ1) is 11.0. The van der Waals surface area contributed by atoms with Crippen LogP contribution < -0.4 is 4.72 Å². The Morgan fingerprint density at radius 1 is 1.52 bits per heavy atom. The highest BCUT2D eigenvalue weighted by Crippen LogP contribution is 2.30. The van der Waals surface area contributed by atoms with E-state index >= 15 is 0 Å². The number of hydrogen-bond acceptors (Lipinski definition) is 5. The lowest BCUT2D eigenvalue weighted by Crippen LogP contribution is -2.45. The number of H-pyrrole nitrogens is 1. The summed E-state index contributed by atoms with van der Waals surface area (Å²) in [5.41, 5.74) is 2.59. The SMILES string of the molecule is CCCS(=O)(=O)NC1CC(=Nc2c(C#N)cnc3[nH]ccc23)C1. The second-order valence-electron chi connectivity index (χ2n) is 5.59. The average Bonchev–Trinajstić information content (AvgIpc) is 2.93. The zero-order valence-electron chi connectivity index (χ0n) is 12.7. The van der Waals surface area contributed by atoms with Gasteiger partial charge in [0, 0.05) is 42.4 Å². The van der Waals surface area contributed by atoms with E-state index in [9.17, 15) is 13.7 Å². The van der Waals surface area contributed by atoms with Crippen LogP contribution in [-0.4, -0.2) is 35.9 Å². The van der Waals surface area contributed by atoms with E-state index in [1.807, 2.05) is 13.0 Å². The first-order valence-electron chi connectivity index (χ1n) is 7.45. The highest BCUT2D eigenvalue weighted by atomic mass is 32.2. The van der Waals surface area contributed by atoms with Crippen molar-refractivity contribution in [1.82, 2.24) is 14.7 Å². The fraction of sp³-hybridized carbons (Fsp3) is 0.400. The molecule has 1 aliphatic rings. The number of nitrogens with zero attached hydrogens (tertiary/aromatic N) is 3. The molecule has 120 valence electrons. The summed E-state index contributed by atoms with van der Waals surface area (Å²) in [5, 5.41) is 10.0. The summed E-state index contributed by atoms with van der Waals surface area (Å²) in [6.45, 7) is 1.84. The molecular weight excluding hydrogens is 314 g/mol. The van der Waals surface area contributed by atoms with E-state index in [0.717, 1.165) is 11.1 Å². The third-order valence-electron chi connectivity index (χ3n) is 3.73. The molecule has 2 aromatic rings. The van der Waals surface area contributed by atoms with E-state index in [2.05, 4.69) is 25.8 Å². The lowest BCUT2D eigenvalue weighted by atomic mass is 9.91. The van der Waals surface area contributed by atoms with Gasteiger partial charge in [-0.25, -0.2) is 18.1 Å². The normalized spacial score (nSPS) is 17.7. The van der Waals surface area contributed by atoms with Gasteiger partial charge in [0.15, 0.2) is 0 Å². The van der Waals surface area contributed by atoms with E-state index in [4.69, 9.17) is 0 Å². The van der Waals surface area contributed by atoms with Gasteiger partial charge in [-0.05, 0) is 12.5 Å². The van der Waals surface area contributed by atoms with E-state index in [-0.39, 0.29) is 11.8 Å². The van der Waals surface area contributed by atoms with Gasteiger partial charge in [0.2, 0.25) is 10.0 Å². The van der Waals surface area contributed by atoms with Crippen molar-refractivity contribution in [2.45, 2.75) is 32.2 Å². The Morgan fingerprint density at radius 2 is 2.30 bits per heavy atom. The summed E-state index contributed by atoms with van der Waals surface area (Å²) in [6.07, 6.45) is 4.99. The summed E-state index contributed by atoms with van der Waals surface area (Å²) in [5.74, 6) is 0.142. The van der Waals surface area contributed by atoms with Crippen molar-refractivity contribution in [2.24, 2.45) is 4.99 Å². The molecule has 2 aromatic heterocycles. The van der Waals surface area contributed by atoms with Gasteiger partial charge in [0.25, 0.3) is 0 Å². The number of aliphatic imine (C=N–C) groups is 1. The first kappa shape index (κ1) is 15.6. The Hall–Kier alpha value is -2.24. The van der Waals surface area contributed by atoms with E-state index in [0.29, 0.717) is 36.2 Å². The number of fused-ring (bicyclic) bond motifs is 1. The molecular formula is C15H17N5O2S. The number of hydrogen-bond donors (Lipinski definition) is 2. The minimum atomic E-state index is -3.20. The van der Waals surface area contributed by atoms with Gasteiger partial charge < -0.3 is 4.98 Å². The Kier molecular flexibility index (Phi) is 4.15. The summed E-state index contributed by atoms with van der Waals surface area (Å²) >= 11 is 0. The standard InChI is InChI=1S/C15H17N5O2S/c1-2-5-23(21,22)20-12-6-11(7-12)19-14-10(8-16)9-18-15-13(14)3-4-17-15/h3-4,9,12,20H,2,5-7H2,1H3,(H,17,18). The van der Waals surface area contributed by atoms with E-state index < -0.39 is 10.0 Å². The third kappa shape index (κ3) is 3.25. The zero-order valence-corrected chi connectivity index (χ0v) is 13.5. The molecule has 2 N–H and O–H groups in total. The fourth-order valence-electron chi connectivity index (χ4n) is 2.62. The van der Waals surface area contributed by atoms with Crippen LogP contribution in [0.25, 0.3) is 11.0 Å². The van der Waals surface area contributed by atoms with E-state index in [1.54, 1.807) is 6.20 Å². The Bertz CT molecular complexity index is 900. The molecule has 0 unspecified atom stereocenters. The van der Waals surface area contributed by atoms with Gasteiger partial charge in [-0.15, -0.1) is 0 Å². The highest BCUT2D eigenvalue weighted by Gasteiger charge is 2.29. The number of nitriles is 1. The molecule has 2 heterocycles. The van der Waals surface area contributed by atoms with Crippen LogP contribution in [0, 0.1) is 11.3 Å². The Balaban J connectivity index is 1.78. The minimum Gasteiger partial charge on any atom is -0.346 e. The van der Waals surface area contributed by atoms with Crippen LogP contribution in [0.3, 0.4) is 0 Å². The van der Waals surface area contributed by atoms with Crippen LogP contribution in [0.1, 0.15) is 31.7 Å². The topological polar surface area (TPSA) is 111 Å². The maximum Gasteiger partial charge on any atom is 0.211 e. The fourth-order valence-corrected chi connectivity index (χ4v) is 3.95. The average molecular weight is 331 g/mol. The van der Waals surface area contributed by atoms with Crippen LogP contribution in [0.4, 0.5) is 5.69 Å². The van der Waals surface area contributed by atoms with Crippen LogP contribution in [0.2, 0.25) is 0 Å². The van der Waals surface area contributed by atoms with Crippen LogP contribution in [0.15, 0.2) is 23.5 Å². The van der Waals surface area contributed by atoms with Gasteiger partial charge in [0.05, 0.1) is 17.0 Å². The predicted octanol–water partition coefficient (Wildman–Crippen LogP) is 2.00. The summed E-state index contributed by atoms with van der Waals surface area (Å²) < 4.78 is 26.1. The van der Waals surface area contributed by atoms with Crippen molar-refractivity contribution in [3.8, 4) is 6.07 Å². The summed E-state index contributed by atoms with van der Waals surface area (Å²) in [4.78, 5) is 11.7. The van der Waals surface area contributed by atoms with Gasteiger partial charge in [0.1, 0.15) is 11.7 Å². The number of aromatic nitrogens is 2. The zero-order chi connectivity index (χ0) is 16.4. The number of nitrogens with one attached hydrogen (secondary N) is 2. The lowest BCUT2D eigenvalue weighted by molar-refractivity contribution is 0.534. The molecule has 0 amide bonds. The van der Waals surface area contributed by atoms with Crippen LogP contribution >= 0.6 is 0 Å². The summed E-state index contributed by atoms with van der Waals surface area (Å²) in [7, 11) is -3.20. The number of rotatable bonds is 5. The van der Waals surface area contributed by atoms with Crippen molar-refractivity contribution in [3.63, 3.8) is 0 Å². The molecule has 0 atom stereocenters. The number of aromatic amines is 1. The minimum absolute atomic E-state index is 0.0978. The molecule has 0 spiro atoms. The molecule has 1 fully saturated rings. The third-order valence-corrected chi connectivity index (χ3v) is 5.37. The van der Waals surface area contributed by atoms with Crippen molar-refractivity contribution in [2.75, 3.05) is 5.75 Å². The molecule has 0 radical (unpaired) electrons. The number of pyridine rings is 1. The second kappa shape index (κ2) is 6.10. The van der Waals surface area contributed by atoms with Crippen LogP contribution in [-0.2, 0) is 10.0 Å². The monoisotopic (exact) mass is 331 g/mol. The van der Waals surface area contributed by atoms with Gasteiger partial charge in [-0.1, -0.05) is 6.92 Å². The molecule has 0 bridgehead atoms. The van der Waals surface area contributed by atoms with Crippen molar-refractivity contribution >= 4 is 32.5 Å². The maximum atomic E-state index is 11.7. The van der Waals surface area contributed by atoms with Crippen molar-refractivity contribution in [3.05, 3.63) is 24.0 Å². The van der Waals surface area contributed by atoms with Crippen molar-refractivity contribution in [1.29, 1.82) is 5.26 Å². The molecule has 3 rings (SSSR count). The Morgan fingerprint density at radius 3 is 3.00 bits per heavy atom. The predicted molar refractivity (Wildman–Crippen MR) is 88.1 cm³/mol. The van der Waals surface area contributed by atoms with Crippen LogP contribution in [0.5, 0.6) is 0 Å². The molecule has 7 nitrogen and oxygen atoms in total. The molecule has 0 saturated heterocycles. The molecule has 0 aliphatic heterocycles. The molecule has 1 saturated carbocycles. The first-order valence-corrected chi connectivity index (χ1v) is 9.10. The maximum absolute atomic E-state index is 11.7. The quantitative estimate of drug-likeness (QED) is 0.872. The summed E-state index contributed by atoms with van der Waals surface area (Å²) in [6, 6.07) is 3.84. The molecule has 23 heavy (non-hydrogen) atoms.